The highest BCUT2D eigenvalue weighted by Crippen LogP contribution is 2.73. The number of allylic oxidation sites excluding steroid dienone is 2. The normalized spacial score (nSPS) is 52.4. The van der Waals surface area contributed by atoms with Crippen LogP contribution in [0, 0.1) is 45.3 Å². The minimum absolute atomic E-state index is 0.145. The van der Waals surface area contributed by atoms with Gasteiger partial charge in [0.1, 0.15) is 18.0 Å². The first kappa shape index (κ1) is 25.0. The summed E-state index contributed by atoms with van der Waals surface area (Å²) in [5, 5.41) is 21.5. The molecule has 4 nitrogen and oxygen atoms in total. The summed E-state index contributed by atoms with van der Waals surface area (Å²) in [4.78, 5) is 12.8. The van der Waals surface area contributed by atoms with Crippen LogP contribution in [0.4, 0.5) is 0 Å². The van der Waals surface area contributed by atoms with Gasteiger partial charge in [-0.3, -0.25) is 4.79 Å². The predicted octanol–water partition coefficient (Wildman–Crippen LogP) is 5.70. The van der Waals surface area contributed by atoms with Gasteiger partial charge in [-0.2, -0.15) is 0 Å². The van der Waals surface area contributed by atoms with Gasteiger partial charge in [0, 0.05) is 11.8 Å². The lowest BCUT2D eigenvalue weighted by Crippen LogP contribution is -2.57. The third-order valence-electron chi connectivity index (χ3n) is 12.6. The minimum Gasteiger partial charge on any atom is -0.388 e. The Labute approximate surface area is 206 Å². The lowest BCUT2D eigenvalue weighted by atomic mass is 9.41. The Morgan fingerprint density at radius 1 is 1.00 bits per heavy atom. The molecule has 0 radical (unpaired) electrons. The van der Waals surface area contributed by atoms with E-state index in [4.69, 9.17) is 4.74 Å². The highest BCUT2D eigenvalue weighted by molar-refractivity contribution is 5.85. The molecule has 0 amide bonds. The first-order valence-electron chi connectivity index (χ1n) is 13.9. The van der Waals surface area contributed by atoms with Gasteiger partial charge < -0.3 is 14.9 Å². The van der Waals surface area contributed by atoms with E-state index in [2.05, 4.69) is 47.6 Å². The topological polar surface area (TPSA) is 66.8 Å². The SMILES string of the molecule is CC(C1OC(C)(C)C(O)C1O)C1CC[C@]2(C)C3=CCC4C(C)(C)C(=O)CC[C@]4(C)C3CC[C@@]12C. The van der Waals surface area contributed by atoms with Crippen molar-refractivity contribution in [1.82, 2.24) is 0 Å². The van der Waals surface area contributed by atoms with Crippen molar-refractivity contribution < 1.29 is 19.7 Å². The second-order valence-electron chi connectivity index (χ2n) is 14.6. The number of hydrogen-bond donors (Lipinski definition) is 2. The summed E-state index contributed by atoms with van der Waals surface area (Å²) in [6.45, 7) is 17.9. The van der Waals surface area contributed by atoms with Crippen LogP contribution in [0.25, 0.3) is 0 Å². The van der Waals surface area contributed by atoms with Crippen molar-refractivity contribution in [2.75, 3.05) is 0 Å². The van der Waals surface area contributed by atoms with Crippen LogP contribution in [0.15, 0.2) is 11.6 Å². The van der Waals surface area contributed by atoms with E-state index < -0.39 is 17.8 Å². The summed E-state index contributed by atoms with van der Waals surface area (Å²) in [7, 11) is 0. The molecule has 1 heterocycles. The first-order valence-corrected chi connectivity index (χ1v) is 13.9. The van der Waals surface area contributed by atoms with Crippen LogP contribution in [0.2, 0.25) is 0 Å². The van der Waals surface area contributed by atoms with E-state index in [0.29, 0.717) is 23.5 Å². The van der Waals surface area contributed by atoms with E-state index in [1.807, 2.05) is 13.8 Å². The van der Waals surface area contributed by atoms with Gasteiger partial charge >= 0.3 is 0 Å². The molecule has 192 valence electrons. The number of hydrogen-bond acceptors (Lipinski definition) is 4. The van der Waals surface area contributed by atoms with Gasteiger partial charge in [0.15, 0.2) is 0 Å². The molecule has 7 unspecified atom stereocenters. The number of Topliss-reactive ketones (excluding diaryl/α,β-unsaturated/α-hetero) is 1. The van der Waals surface area contributed by atoms with E-state index in [0.717, 1.165) is 25.7 Å². The van der Waals surface area contributed by atoms with Crippen molar-refractivity contribution in [2.45, 2.75) is 124 Å². The van der Waals surface area contributed by atoms with E-state index in [1.165, 1.54) is 19.3 Å². The minimum atomic E-state index is -0.841. The Morgan fingerprint density at radius 3 is 2.29 bits per heavy atom. The molecule has 5 aliphatic rings. The van der Waals surface area contributed by atoms with Crippen LogP contribution in [-0.4, -0.2) is 39.9 Å². The van der Waals surface area contributed by atoms with Crippen LogP contribution >= 0.6 is 0 Å². The molecule has 4 fully saturated rings. The highest BCUT2D eigenvalue weighted by Gasteiger charge is 2.66. The van der Waals surface area contributed by atoms with Crippen molar-refractivity contribution in [3.8, 4) is 0 Å². The third kappa shape index (κ3) is 2.97. The number of carbonyl (C=O) groups excluding carboxylic acids is 1. The maximum absolute atomic E-state index is 12.8. The second kappa shape index (κ2) is 7.42. The zero-order valence-electron chi connectivity index (χ0n) is 22.8. The Hall–Kier alpha value is -0.710. The molecule has 4 aliphatic carbocycles. The lowest BCUT2D eigenvalue weighted by Gasteiger charge is -2.63. The monoisotopic (exact) mass is 472 g/mol. The highest BCUT2D eigenvalue weighted by atomic mass is 16.6. The van der Waals surface area contributed by atoms with Gasteiger partial charge in [-0.15, -0.1) is 0 Å². The standard InChI is InChI=1S/C30H48O4/c1-17(24-23(32)25(33)27(4,5)34-24)18-11-15-30(8)20-9-10-21-26(2,3)22(31)13-14-28(21,6)19(20)12-16-29(18,30)7/h9,17-19,21,23-25,32-33H,10-16H2,1-8H3/t17?,18?,19?,21?,23?,24?,25?,28-,29+,30-/m1/s1. The van der Waals surface area contributed by atoms with Crippen LogP contribution in [0.1, 0.15) is 100 Å². The van der Waals surface area contributed by atoms with Gasteiger partial charge in [0.2, 0.25) is 0 Å². The molecule has 5 rings (SSSR count). The summed E-state index contributed by atoms with van der Waals surface area (Å²) in [6.07, 6.45) is 8.07. The fourth-order valence-electron chi connectivity index (χ4n) is 10.1. The molecular weight excluding hydrogens is 424 g/mol. The summed E-state index contributed by atoms with van der Waals surface area (Å²) in [6, 6.07) is 0. The Morgan fingerprint density at radius 2 is 1.68 bits per heavy atom. The van der Waals surface area contributed by atoms with E-state index in [1.54, 1.807) is 5.57 Å². The molecule has 1 aliphatic heterocycles. The first-order chi connectivity index (χ1) is 15.6. The van der Waals surface area contributed by atoms with Crippen LogP contribution in [0.3, 0.4) is 0 Å². The molecule has 2 N–H and O–H groups in total. The fourth-order valence-corrected chi connectivity index (χ4v) is 10.1. The second-order valence-corrected chi connectivity index (χ2v) is 14.6. The third-order valence-corrected chi connectivity index (χ3v) is 12.6. The number of carbonyl (C=O) groups is 1. The average Bonchev–Trinajstić information content (AvgIpc) is 3.15. The van der Waals surface area contributed by atoms with Crippen molar-refractivity contribution in [3.63, 3.8) is 0 Å². The summed E-state index contributed by atoms with van der Waals surface area (Å²) < 4.78 is 6.28. The summed E-state index contributed by atoms with van der Waals surface area (Å²) in [5.74, 6) is 2.10. The molecule has 10 atom stereocenters. The predicted molar refractivity (Wildman–Crippen MR) is 134 cm³/mol. The molecule has 0 bridgehead atoms. The van der Waals surface area contributed by atoms with E-state index in [9.17, 15) is 15.0 Å². The van der Waals surface area contributed by atoms with Gasteiger partial charge in [0.05, 0.1) is 11.7 Å². The lowest BCUT2D eigenvalue weighted by molar-refractivity contribution is -0.146. The maximum Gasteiger partial charge on any atom is 0.138 e. The number of rotatable bonds is 2. The van der Waals surface area contributed by atoms with Crippen molar-refractivity contribution in [2.24, 2.45) is 45.3 Å². The van der Waals surface area contributed by atoms with Gasteiger partial charge in [-0.25, -0.2) is 0 Å². The van der Waals surface area contributed by atoms with Gasteiger partial charge in [-0.05, 0) is 92.3 Å². The van der Waals surface area contributed by atoms with Gasteiger partial charge in [-0.1, -0.05) is 53.2 Å². The number of ketones is 1. The molecule has 0 aromatic heterocycles. The Kier molecular flexibility index (Phi) is 5.44. The number of ether oxygens (including phenoxy) is 1. The quantitative estimate of drug-likeness (QED) is 0.506. The van der Waals surface area contributed by atoms with E-state index >= 15 is 0 Å². The molecular formula is C30H48O4. The van der Waals surface area contributed by atoms with Gasteiger partial charge in [0.25, 0.3) is 0 Å². The molecule has 34 heavy (non-hydrogen) atoms. The number of aliphatic hydroxyl groups is 2. The van der Waals surface area contributed by atoms with Crippen molar-refractivity contribution in [3.05, 3.63) is 11.6 Å². The van der Waals surface area contributed by atoms with Crippen molar-refractivity contribution >= 4 is 5.78 Å². The number of fused-ring (bicyclic) bond motifs is 5. The summed E-state index contributed by atoms with van der Waals surface area (Å²) >= 11 is 0. The van der Waals surface area contributed by atoms with Crippen molar-refractivity contribution in [1.29, 1.82) is 0 Å². The smallest absolute Gasteiger partial charge is 0.138 e. The Bertz CT molecular complexity index is 903. The molecule has 3 saturated carbocycles. The molecule has 0 spiro atoms. The average molecular weight is 473 g/mol. The van der Waals surface area contributed by atoms with Crippen LogP contribution in [-0.2, 0) is 9.53 Å². The molecule has 0 aromatic rings. The Balaban J connectivity index is 1.47. The number of aliphatic hydroxyl groups excluding tert-OH is 2. The van der Waals surface area contributed by atoms with Crippen LogP contribution < -0.4 is 0 Å². The maximum atomic E-state index is 12.8. The molecule has 1 saturated heterocycles. The molecule has 4 heteroatoms. The zero-order valence-corrected chi connectivity index (χ0v) is 22.8. The van der Waals surface area contributed by atoms with Crippen LogP contribution in [0.5, 0.6) is 0 Å². The summed E-state index contributed by atoms with van der Waals surface area (Å²) in [5.41, 5.74) is 1.24. The van der Waals surface area contributed by atoms with E-state index in [-0.39, 0.29) is 33.7 Å². The molecule has 0 aromatic carbocycles. The zero-order chi connectivity index (χ0) is 25.1. The fraction of sp³-hybridized carbons (Fsp3) is 0.900. The largest absolute Gasteiger partial charge is 0.388 e.